The number of fused-ring (bicyclic) bond motifs is 1. The summed E-state index contributed by atoms with van der Waals surface area (Å²) in [7, 11) is 0. The Morgan fingerprint density at radius 3 is 2.50 bits per heavy atom. The summed E-state index contributed by atoms with van der Waals surface area (Å²) in [4.78, 5) is 22.7. The summed E-state index contributed by atoms with van der Waals surface area (Å²) in [5.41, 5.74) is 0.906. The number of carbonyl (C=O) groups is 1. The van der Waals surface area contributed by atoms with Crippen LogP contribution in [0.5, 0.6) is 0 Å². The number of amides is 1. The average Bonchev–Trinajstić information content (AvgIpc) is 3.49. The first-order chi connectivity index (χ1) is 14.6. The van der Waals surface area contributed by atoms with E-state index in [1.54, 1.807) is 35.4 Å². The predicted octanol–water partition coefficient (Wildman–Crippen LogP) is 1.88. The van der Waals surface area contributed by atoms with Crippen molar-refractivity contribution in [3.63, 3.8) is 0 Å². The lowest BCUT2D eigenvalue weighted by Crippen LogP contribution is -2.34. The van der Waals surface area contributed by atoms with E-state index in [1.165, 1.54) is 23.3 Å². The van der Waals surface area contributed by atoms with Crippen LogP contribution in [0.3, 0.4) is 0 Å². The topological polar surface area (TPSA) is 90.9 Å². The van der Waals surface area contributed by atoms with Gasteiger partial charge in [-0.15, -0.1) is 0 Å². The van der Waals surface area contributed by atoms with Gasteiger partial charge in [0, 0.05) is 44.2 Å². The highest BCUT2D eigenvalue weighted by Crippen LogP contribution is 2.34. The van der Waals surface area contributed by atoms with Crippen molar-refractivity contribution in [2.45, 2.75) is 0 Å². The molecule has 0 bridgehead atoms. The standard InChI is InChI=1S/C21H18FN7O/c22-17-2-1-3-18(29-25-6-7-26-29)20(17)21(30)28-12-15-10-27(11-16(15)13-28)19-8-14(9-23)4-5-24-19/h1-8,15-16H,10-13H2/t15-,16+. The molecule has 2 aliphatic rings. The fraction of sp³-hybridized carbons (Fsp3) is 0.286. The molecule has 0 spiro atoms. The number of rotatable bonds is 3. The van der Waals surface area contributed by atoms with Crippen LogP contribution in [0.15, 0.2) is 48.9 Å². The van der Waals surface area contributed by atoms with Crippen molar-refractivity contribution in [2.24, 2.45) is 11.8 Å². The molecule has 2 aromatic heterocycles. The third-order valence-corrected chi connectivity index (χ3v) is 5.81. The number of nitriles is 1. The fourth-order valence-electron chi connectivity index (χ4n) is 4.40. The molecule has 0 unspecified atom stereocenters. The SMILES string of the molecule is N#Cc1ccnc(N2C[C@H]3CN(C(=O)c4c(F)cccc4-n4nccn4)C[C@H]3C2)c1. The minimum Gasteiger partial charge on any atom is -0.356 e. The van der Waals surface area contributed by atoms with E-state index in [0.29, 0.717) is 24.3 Å². The van der Waals surface area contributed by atoms with Gasteiger partial charge in [-0.05, 0) is 24.3 Å². The van der Waals surface area contributed by atoms with Gasteiger partial charge in [0.1, 0.15) is 22.9 Å². The van der Waals surface area contributed by atoms with E-state index < -0.39 is 5.82 Å². The van der Waals surface area contributed by atoms with Gasteiger partial charge in [0.05, 0.1) is 24.0 Å². The second-order valence-electron chi connectivity index (χ2n) is 7.60. The molecule has 0 N–H and O–H groups in total. The zero-order valence-electron chi connectivity index (χ0n) is 16.0. The molecular weight excluding hydrogens is 385 g/mol. The van der Waals surface area contributed by atoms with Crippen LogP contribution in [0.25, 0.3) is 5.69 Å². The molecule has 0 saturated carbocycles. The van der Waals surface area contributed by atoms with E-state index in [4.69, 9.17) is 5.26 Å². The molecule has 1 aromatic carbocycles. The number of anilines is 1. The molecule has 150 valence electrons. The maximum atomic E-state index is 14.6. The lowest BCUT2D eigenvalue weighted by Gasteiger charge is -2.23. The van der Waals surface area contributed by atoms with Crippen molar-refractivity contribution >= 4 is 11.7 Å². The van der Waals surface area contributed by atoms with Crippen molar-refractivity contribution in [3.05, 3.63) is 65.9 Å². The van der Waals surface area contributed by atoms with Crippen LogP contribution in [-0.2, 0) is 0 Å². The van der Waals surface area contributed by atoms with Gasteiger partial charge in [0.2, 0.25) is 0 Å². The Morgan fingerprint density at radius 1 is 1.07 bits per heavy atom. The summed E-state index contributed by atoms with van der Waals surface area (Å²) >= 11 is 0. The Morgan fingerprint density at radius 2 is 1.80 bits per heavy atom. The monoisotopic (exact) mass is 403 g/mol. The highest BCUT2D eigenvalue weighted by atomic mass is 19.1. The predicted molar refractivity (Wildman–Crippen MR) is 105 cm³/mol. The first-order valence-corrected chi connectivity index (χ1v) is 9.69. The minimum absolute atomic E-state index is 0.00563. The molecule has 1 amide bonds. The molecule has 8 nitrogen and oxygen atoms in total. The number of nitrogens with zero attached hydrogens (tertiary/aromatic N) is 7. The number of carbonyl (C=O) groups excluding carboxylic acids is 1. The number of pyridine rings is 1. The van der Waals surface area contributed by atoms with E-state index in [2.05, 4.69) is 26.2 Å². The van der Waals surface area contributed by atoms with E-state index in [-0.39, 0.29) is 23.3 Å². The third kappa shape index (κ3) is 3.06. The van der Waals surface area contributed by atoms with Crippen LogP contribution in [-0.4, -0.2) is 57.0 Å². The van der Waals surface area contributed by atoms with Crippen molar-refractivity contribution in [3.8, 4) is 11.8 Å². The first kappa shape index (κ1) is 18.2. The molecule has 2 fully saturated rings. The van der Waals surface area contributed by atoms with Crippen LogP contribution in [0, 0.1) is 29.0 Å². The normalized spacial score (nSPS) is 20.3. The maximum Gasteiger partial charge on any atom is 0.259 e. The molecule has 2 aliphatic heterocycles. The molecule has 5 rings (SSSR count). The Hall–Kier alpha value is -3.80. The summed E-state index contributed by atoms with van der Waals surface area (Å²) in [6.07, 6.45) is 4.62. The second-order valence-corrected chi connectivity index (χ2v) is 7.60. The van der Waals surface area contributed by atoms with Gasteiger partial charge < -0.3 is 9.80 Å². The molecule has 3 aromatic rings. The molecule has 0 radical (unpaired) electrons. The van der Waals surface area contributed by atoms with Crippen molar-refractivity contribution in [1.82, 2.24) is 24.9 Å². The van der Waals surface area contributed by atoms with Gasteiger partial charge in [0.15, 0.2) is 0 Å². The van der Waals surface area contributed by atoms with Crippen LogP contribution < -0.4 is 4.90 Å². The molecular formula is C21H18FN7O. The van der Waals surface area contributed by atoms with Crippen molar-refractivity contribution in [2.75, 3.05) is 31.1 Å². The van der Waals surface area contributed by atoms with Gasteiger partial charge in [-0.3, -0.25) is 4.79 Å². The van der Waals surface area contributed by atoms with E-state index >= 15 is 0 Å². The van der Waals surface area contributed by atoms with E-state index in [0.717, 1.165) is 18.9 Å². The summed E-state index contributed by atoms with van der Waals surface area (Å²) in [6, 6.07) is 10.1. The first-order valence-electron chi connectivity index (χ1n) is 9.69. The highest BCUT2D eigenvalue weighted by Gasteiger charge is 2.43. The van der Waals surface area contributed by atoms with Gasteiger partial charge >= 0.3 is 0 Å². The minimum atomic E-state index is -0.578. The fourth-order valence-corrected chi connectivity index (χ4v) is 4.40. The van der Waals surface area contributed by atoms with E-state index in [1.807, 2.05) is 0 Å². The summed E-state index contributed by atoms with van der Waals surface area (Å²) in [6.45, 7) is 2.61. The summed E-state index contributed by atoms with van der Waals surface area (Å²) < 4.78 is 14.6. The summed E-state index contributed by atoms with van der Waals surface area (Å²) in [5, 5.41) is 17.2. The van der Waals surface area contributed by atoms with Gasteiger partial charge in [0.25, 0.3) is 5.91 Å². The largest absolute Gasteiger partial charge is 0.356 e. The molecule has 4 heterocycles. The van der Waals surface area contributed by atoms with Gasteiger partial charge in [-0.25, -0.2) is 9.37 Å². The molecule has 2 atom stereocenters. The number of hydrogen-bond donors (Lipinski definition) is 0. The number of likely N-dealkylation sites (tertiary alicyclic amines) is 1. The number of hydrogen-bond acceptors (Lipinski definition) is 6. The summed E-state index contributed by atoms with van der Waals surface area (Å²) in [5.74, 6) is 0.415. The molecule has 30 heavy (non-hydrogen) atoms. The van der Waals surface area contributed by atoms with Crippen LogP contribution in [0.1, 0.15) is 15.9 Å². The average molecular weight is 403 g/mol. The number of halogens is 1. The number of benzene rings is 1. The lowest BCUT2D eigenvalue weighted by molar-refractivity contribution is 0.0777. The van der Waals surface area contributed by atoms with Crippen molar-refractivity contribution < 1.29 is 9.18 Å². The lowest BCUT2D eigenvalue weighted by atomic mass is 10.0. The van der Waals surface area contributed by atoms with Crippen LogP contribution in [0.4, 0.5) is 10.2 Å². The maximum absolute atomic E-state index is 14.6. The highest BCUT2D eigenvalue weighted by molar-refractivity contribution is 5.98. The smallest absolute Gasteiger partial charge is 0.259 e. The molecule has 9 heteroatoms. The van der Waals surface area contributed by atoms with Crippen LogP contribution >= 0.6 is 0 Å². The zero-order valence-corrected chi connectivity index (χ0v) is 16.0. The van der Waals surface area contributed by atoms with E-state index in [9.17, 15) is 9.18 Å². The van der Waals surface area contributed by atoms with Gasteiger partial charge in [-0.2, -0.15) is 20.3 Å². The Kier molecular flexibility index (Phi) is 4.39. The van der Waals surface area contributed by atoms with Crippen molar-refractivity contribution in [1.29, 1.82) is 5.26 Å². The Labute approximate surface area is 172 Å². The second kappa shape index (κ2) is 7.22. The molecule has 0 aliphatic carbocycles. The Balaban J connectivity index is 1.34. The molecule has 2 saturated heterocycles. The van der Waals surface area contributed by atoms with Gasteiger partial charge in [-0.1, -0.05) is 6.07 Å². The van der Waals surface area contributed by atoms with Crippen LogP contribution in [0.2, 0.25) is 0 Å². The Bertz CT molecular complexity index is 1130. The quantitative estimate of drug-likeness (QED) is 0.663. The third-order valence-electron chi connectivity index (χ3n) is 5.81. The number of aromatic nitrogens is 4. The zero-order chi connectivity index (χ0) is 20.7.